The molecule has 2 aromatic carbocycles. The van der Waals surface area contributed by atoms with Crippen molar-refractivity contribution < 1.29 is 9.90 Å². The summed E-state index contributed by atoms with van der Waals surface area (Å²) in [5, 5.41) is 8.49. The Labute approximate surface area is 121 Å². The summed E-state index contributed by atoms with van der Waals surface area (Å²) >= 11 is 12.1. The summed E-state index contributed by atoms with van der Waals surface area (Å²) in [6.45, 7) is 1.08. The minimum Gasteiger partial charge on any atom is -0.481 e. The van der Waals surface area contributed by atoms with E-state index in [1.165, 1.54) is 0 Å². The summed E-state index contributed by atoms with van der Waals surface area (Å²) in [7, 11) is 0. The van der Waals surface area contributed by atoms with Crippen LogP contribution in [0.5, 0.6) is 0 Å². The Kier molecular flexibility index (Phi) is 5.67. The predicted molar refractivity (Wildman–Crippen MR) is 79.6 cm³/mol. The molecule has 0 unspecified atom stereocenters. The molecule has 2 rings (SSSR count). The Balaban J connectivity index is 0.000000399. The Hall–Kier alpha value is -1.71. The molecule has 100 valence electrons. The number of carboxylic acids is 1. The van der Waals surface area contributed by atoms with Gasteiger partial charge in [-0.05, 0) is 12.1 Å². The Bertz CT molecular complexity index is 581. The normalized spacial score (nSPS) is 9.42. The number of halogens is 2. The summed E-state index contributed by atoms with van der Waals surface area (Å²) in [6, 6.07) is 13.1. The van der Waals surface area contributed by atoms with Crippen LogP contribution in [0.2, 0.25) is 10.0 Å². The Morgan fingerprint density at radius 3 is 2.16 bits per heavy atom. The van der Waals surface area contributed by atoms with Crippen LogP contribution in [0.3, 0.4) is 0 Å². The fraction of sp³-hybridized carbons (Fsp3) is 0.0714. The highest BCUT2D eigenvalue weighted by atomic mass is 35.5. The van der Waals surface area contributed by atoms with Crippen LogP contribution >= 0.6 is 23.2 Å². The molecule has 0 aromatic heterocycles. The lowest BCUT2D eigenvalue weighted by Crippen LogP contribution is -1.89. The zero-order valence-corrected chi connectivity index (χ0v) is 11.7. The van der Waals surface area contributed by atoms with Gasteiger partial charge in [0.2, 0.25) is 0 Å². The van der Waals surface area contributed by atoms with E-state index in [1.54, 1.807) is 6.07 Å². The monoisotopic (exact) mass is 297 g/mol. The van der Waals surface area contributed by atoms with Gasteiger partial charge in [-0.3, -0.25) is 4.79 Å². The van der Waals surface area contributed by atoms with Crippen LogP contribution in [0, 0.1) is 0 Å². The minimum atomic E-state index is -0.833. The second-order valence-electron chi connectivity index (χ2n) is 3.71. The first-order chi connectivity index (χ1) is 8.93. The molecule has 0 aliphatic heterocycles. The van der Waals surface area contributed by atoms with E-state index in [0.29, 0.717) is 15.7 Å². The molecule has 0 saturated heterocycles. The van der Waals surface area contributed by atoms with E-state index in [2.05, 4.69) is 0 Å². The van der Waals surface area contributed by atoms with Crippen molar-refractivity contribution in [1.82, 2.24) is 0 Å². The quantitative estimate of drug-likeness (QED) is 0.770. The molecule has 0 amide bonds. The molecular formula is C14H13Cl2NO2. The van der Waals surface area contributed by atoms with Gasteiger partial charge in [0.1, 0.15) is 0 Å². The van der Waals surface area contributed by atoms with Gasteiger partial charge in [0.25, 0.3) is 5.97 Å². The van der Waals surface area contributed by atoms with E-state index in [9.17, 15) is 0 Å². The summed E-state index contributed by atoms with van der Waals surface area (Å²) in [4.78, 5) is 9.00. The number of para-hydroxylation sites is 1. The van der Waals surface area contributed by atoms with Crippen LogP contribution in [-0.2, 0) is 4.79 Å². The third-order valence-corrected chi connectivity index (χ3v) is 3.02. The molecule has 3 N–H and O–H groups in total. The highest BCUT2D eigenvalue weighted by Gasteiger charge is 2.08. The lowest BCUT2D eigenvalue weighted by atomic mass is 10.0. The summed E-state index contributed by atoms with van der Waals surface area (Å²) in [6.07, 6.45) is 0. The number of carboxylic acid groups (broad SMARTS) is 1. The Morgan fingerprint density at radius 1 is 1.05 bits per heavy atom. The fourth-order valence-corrected chi connectivity index (χ4v) is 1.86. The molecule has 0 aliphatic rings. The van der Waals surface area contributed by atoms with Crippen molar-refractivity contribution in [3.63, 3.8) is 0 Å². The van der Waals surface area contributed by atoms with E-state index in [-0.39, 0.29) is 0 Å². The van der Waals surface area contributed by atoms with Crippen LogP contribution in [0.1, 0.15) is 6.92 Å². The summed E-state index contributed by atoms with van der Waals surface area (Å²) < 4.78 is 0. The van der Waals surface area contributed by atoms with Gasteiger partial charge >= 0.3 is 0 Å². The maximum Gasteiger partial charge on any atom is 0.300 e. The second-order valence-corrected chi connectivity index (χ2v) is 4.49. The van der Waals surface area contributed by atoms with Crippen molar-refractivity contribution in [3.05, 3.63) is 52.5 Å². The van der Waals surface area contributed by atoms with Crippen molar-refractivity contribution in [2.24, 2.45) is 0 Å². The van der Waals surface area contributed by atoms with E-state index >= 15 is 0 Å². The van der Waals surface area contributed by atoms with Gasteiger partial charge in [0.15, 0.2) is 0 Å². The second kappa shape index (κ2) is 7.02. The van der Waals surface area contributed by atoms with Crippen molar-refractivity contribution in [2.45, 2.75) is 6.92 Å². The van der Waals surface area contributed by atoms with Crippen LogP contribution in [0.15, 0.2) is 42.5 Å². The number of nitrogen functional groups attached to an aromatic ring is 1. The van der Waals surface area contributed by atoms with Crippen LogP contribution in [0.25, 0.3) is 11.1 Å². The fourth-order valence-electron chi connectivity index (χ4n) is 1.45. The van der Waals surface area contributed by atoms with Crippen LogP contribution in [0.4, 0.5) is 5.69 Å². The largest absolute Gasteiger partial charge is 0.481 e. The van der Waals surface area contributed by atoms with Gasteiger partial charge < -0.3 is 10.8 Å². The molecule has 3 nitrogen and oxygen atoms in total. The SMILES string of the molecule is CC(=O)O.Nc1ccccc1-c1cccc(Cl)c1Cl. The van der Waals surface area contributed by atoms with Crippen LogP contribution < -0.4 is 5.73 Å². The molecule has 0 radical (unpaired) electrons. The molecule has 0 saturated carbocycles. The highest BCUT2D eigenvalue weighted by molar-refractivity contribution is 6.43. The lowest BCUT2D eigenvalue weighted by Gasteiger charge is -2.08. The Morgan fingerprint density at radius 2 is 1.58 bits per heavy atom. The number of rotatable bonds is 1. The maximum atomic E-state index is 9.00. The first kappa shape index (κ1) is 15.3. The van der Waals surface area contributed by atoms with Crippen molar-refractivity contribution >= 4 is 34.9 Å². The average Bonchev–Trinajstić information content (AvgIpc) is 2.33. The van der Waals surface area contributed by atoms with E-state index < -0.39 is 5.97 Å². The first-order valence-corrected chi connectivity index (χ1v) is 6.17. The van der Waals surface area contributed by atoms with E-state index in [1.807, 2.05) is 36.4 Å². The van der Waals surface area contributed by atoms with Crippen LogP contribution in [-0.4, -0.2) is 11.1 Å². The number of carbonyl (C=O) groups is 1. The zero-order valence-electron chi connectivity index (χ0n) is 10.2. The number of benzene rings is 2. The third kappa shape index (κ3) is 4.47. The van der Waals surface area contributed by atoms with Gasteiger partial charge in [0.05, 0.1) is 10.0 Å². The predicted octanol–water partition coefficient (Wildman–Crippen LogP) is 4.33. The molecule has 0 atom stereocenters. The molecule has 2 aromatic rings. The minimum absolute atomic E-state index is 0.539. The first-order valence-electron chi connectivity index (χ1n) is 5.42. The van der Waals surface area contributed by atoms with Gasteiger partial charge in [-0.25, -0.2) is 0 Å². The number of anilines is 1. The number of nitrogens with two attached hydrogens (primary N) is 1. The van der Waals surface area contributed by atoms with Crippen molar-refractivity contribution in [1.29, 1.82) is 0 Å². The summed E-state index contributed by atoms with van der Waals surface area (Å²) in [5.74, 6) is -0.833. The standard InChI is InChI=1S/C12H9Cl2N.C2H4O2/c13-10-6-3-5-9(12(10)14)8-4-1-2-7-11(8)15;1-2(3)4/h1-7H,15H2;1H3,(H,3,4). The number of hydrogen-bond acceptors (Lipinski definition) is 2. The van der Waals surface area contributed by atoms with E-state index in [4.69, 9.17) is 38.8 Å². The highest BCUT2D eigenvalue weighted by Crippen LogP contribution is 2.35. The zero-order chi connectivity index (χ0) is 14.4. The van der Waals surface area contributed by atoms with E-state index in [0.717, 1.165) is 18.1 Å². The number of aliphatic carboxylic acids is 1. The molecule has 0 spiro atoms. The maximum absolute atomic E-state index is 9.00. The molecular weight excluding hydrogens is 285 g/mol. The average molecular weight is 298 g/mol. The van der Waals surface area contributed by atoms with Crippen molar-refractivity contribution in [3.8, 4) is 11.1 Å². The smallest absolute Gasteiger partial charge is 0.300 e. The molecule has 0 aliphatic carbocycles. The molecule has 0 bridgehead atoms. The van der Waals surface area contributed by atoms with Gasteiger partial charge in [-0.2, -0.15) is 0 Å². The molecule has 0 heterocycles. The topological polar surface area (TPSA) is 63.3 Å². The number of hydrogen-bond donors (Lipinski definition) is 2. The lowest BCUT2D eigenvalue weighted by molar-refractivity contribution is -0.134. The third-order valence-electron chi connectivity index (χ3n) is 2.20. The molecule has 0 fully saturated rings. The van der Waals surface area contributed by atoms with Gasteiger partial charge in [0, 0.05) is 23.7 Å². The summed E-state index contributed by atoms with van der Waals surface area (Å²) in [5.41, 5.74) is 8.34. The van der Waals surface area contributed by atoms with Crippen molar-refractivity contribution in [2.75, 3.05) is 5.73 Å². The molecule has 5 heteroatoms. The van der Waals surface area contributed by atoms with Gasteiger partial charge in [-0.1, -0.05) is 53.5 Å². The molecule has 19 heavy (non-hydrogen) atoms. The van der Waals surface area contributed by atoms with Gasteiger partial charge in [-0.15, -0.1) is 0 Å².